The van der Waals surface area contributed by atoms with Crippen LogP contribution in [0.25, 0.3) is 0 Å². The minimum absolute atomic E-state index is 0.0377. The fourth-order valence-electron chi connectivity index (χ4n) is 3.88. The number of carbonyl (C=O) groups is 4. The highest BCUT2D eigenvalue weighted by Crippen LogP contribution is 2.19. The van der Waals surface area contributed by atoms with E-state index < -0.39 is 18.0 Å². The van der Waals surface area contributed by atoms with Crippen molar-refractivity contribution in [3.05, 3.63) is 52.7 Å². The third kappa shape index (κ3) is 4.91. The molecule has 168 valence electrons. The van der Waals surface area contributed by atoms with Crippen molar-refractivity contribution in [1.29, 1.82) is 0 Å². The van der Waals surface area contributed by atoms with Crippen molar-refractivity contribution < 1.29 is 19.2 Å². The topological polar surface area (TPSA) is 111 Å². The van der Waals surface area contributed by atoms with Crippen molar-refractivity contribution in [2.45, 2.75) is 24.9 Å². The van der Waals surface area contributed by atoms with Gasteiger partial charge in [-0.2, -0.15) is 0 Å². The molecule has 0 radical (unpaired) electrons. The number of para-hydroxylation sites is 1. The van der Waals surface area contributed by atoms with Gasteiger partial charge in [0.25, 0.3) is 5.91 Å². The van der Waals surface area contributed by atoms with E-state index in [9.17, 15) is 19.2 Å². The van der Waals surface area contributed by atoms with Crippen LogP contribution in [0.4, 0.5) is 10.5 Å². The second-order valence-corrected chi connectivity index (χ2v) is 8.68. The maximum Gasteiger partial charge on any atom is 0.321 e. The van der Waals surface area contributed by atoms with Gasteiger partial charge in [-0.25, -0.2) is 4.79 Å². The number of nitrogens with zero attached hydrogens (tertiary/aromatic N) is 2. The molecule has 1 aromatic carbocycles. The highest BCUT2D eigenvalue weighted by molar-refractivity contribution is 7.12. The zero-order valence-corrected chi connectivity index (χ0v) is 18.3. The first kappa shape index (κ1) is 21.8. The van der Waals surface area contributed by atoms with E-state index in [0.29, 0.717) is 30.1 Å². The predicted octanol–water partition coefficient (Wildman–Crippen LogP) is 1.50. The lowest BCUT2D eigenvalue weighted by atomic mass is 10.0. The van der Waals surface area contributed by atoms with Crippen LogP contribution in [0.3, 0.4) is 0 Å². The summed E-state index contributed by atoms with van der Waals surface area (Å²) < 4.78 is 0. The van der Waals surface area contributed by atoms with Crippen LogP contribution in [-0.4, -0.2) is 71.8 Å². The maximum atomic E-state index is 13.2. The summed E-state index contributed by atoms with van der Waals surface area (Å²) in [5.41, 5.74) is 0.648. The van der Waals surface area contributed by atoms with Crippen LogP contribution < -0.4 is 16.0 Å². The second kappa shape index (κ2) is 9.82. The van der Waals surface area contributed by atoms with Gasteiger partial charge >= 0.3 is 6.03 Å². The molecule has 0 bridgehead atoms. The number of nitrogens with one attached hydrogen (secondary N) is 3. The molecule has 2 aliphatic heterocycles. The van der Waals surface area contributed by atoms with Crippen molar-refractivity contribution >= 4 is 40.8 Å². The molecule has 5 amide bonds. The Kier molecular flexibility index (Phi) is 6.69. The standard InChI is InChI=1S/C22H25N5O4S/c28-19-16(8-4-10-23-19)25-20(29)17-14-26(22(31)24-15-6-2-1-3-7-15)11-12-27(17)21(30)18-9-5-13-32-18/h1-3,5-7,9,13,16-17H,4,8,10-12,14H2,(H,23,28)(H,24,31)(H,25,29)/t16-,17+/m0/s1. The maximum absolute atomic E-state index is 13.2. The van der Waals surface area contributed by atoms with Gasteiger partial charge in [0, 0.05) is 25.3 Å². The molecule has 3 heterocycles. The molecular formula is C22H25N5O4S. The molecule has 10 heteroatoms. The van der Waals surface area contributed by atoms with Gasteiger partial charge in [-0.15, -0.1) is 11.3 Å². The van der Waals surface area contributed by atoms with Crippen LogP contribution in [-0.2, 0) is 9.59 Å². The summed E-state index contributed by atoms with van der Waals surface area (Å²) in [6.07, 6.45) is 1.31. The molecule has 1 aromatic heterocycles. The summed E-state index contributed by atoms with van der Waals surface area (Å²) in [6, 6.07) is 10.7. The fraction of sp³-hybridized carbons (Fsp3) is 0.364. The van der Waals surface area contributed by atoms with Crippen LogP contribution in [0.15, 0.2) is 47.8 Å². The average molecular weight is 456 g/mol. The van der Waals surface area contributed by atoms with E-state index in [1.807, 2.05) is 18.2 Å². The van der Waals surface area contributed by atoms with Crippen LogP contribution in [0.5, 0.6) is 0 Å². The molecule has 0 spiro atoms. The fourth-order valence-corrected chi connectivity index (χ4v) is 4.56. The molecule has 0 saturated carbocycles. The number of piperidine rings is 1. The highest BCUT2D eigenvalue weighted by atomic mass is 32.1. The summed E-state index contributed by atoms with van der Waals surface area (Å²) in [4.78, 5) is 54.7. The second-order valence-electron chi connectivity index (χ2n) is 7.73. The quantitative estimate of drug-likeness (QED) is 0.649. The number of piperazine rings is 1. The monoisotopic (exact) mass is 455 g/mol. The summed E-state index contributed by atoms with van der Waals surface area (Å²) in [6.45, 7) is 1.14. The SMILES string of the molecule is O=C1NCCC[C@@H]1NC(=O)[C@H]1CN(C(=O)Nc2ccccc2)CCN1C(=O)c1cccs1. The third-order valence-electron chi connectivity index (χ3n) is 5.59. The van der Waals surface area contributed by atoms with E-state index >= 15 is 0 Å². The van der Waals surface area contributed by atoms with E-state index in [1.54, 1.807) is 29.6 Å². The number of amides is 5. The Labute approximate surface area is 189 Å². The van der Waals surface area contributed by atoms with Crippen molar-refractivity contribution in [3.8, 4) is 0 Å². The molecule has 0 unspecified atom stereocenters. The summed E-state index contributed by atoms with van der Waals surface area (Å²) in [7, 11) is 0. The van der Waals surface area contributed by atoms with Crippen LogP contribution in [0, 0.1) is 0 Å². The number of rotatable bonds is 4. The normalized spacial score (nSPS) is 20.9. The minimum Gasteiger partial charge on any atom is -0.354 e. The van der Waals surface area contributed by atoms with Crippen molar-refractivity contribution in [2.75, 3.05) is 31.5 Å². The van der Waals surface area contributed by atoms with Gasteiger partial charge in [-0.1, -0.05) is 24.3 Å². The lowest BCUT2D eigenvalue weighted by molar-refractivity contribution is -0.133. The number of urea groups is 1. The molecule has 32 heavy (non-hydrogen) atoms. The Morgan fingerprint density at radius 3 is 2.59 bits per heavy atom. The number of carbonyl (C=O) groups excluding carboxylic acids is 4. The molecule has 0 aliphatic carbocycles. The molecule has 2 fully saturated rings. The summed E-state index contributed by atoms with van der Waals surface area (Å²) in [5, 5.41) is 10.1. The predicted molar refractivity (Wildman–Crippen MR) is 120 cm³/mol. The smallest absolute Gasteiger partial charge is 0.321 e. The Balaban J connectivity index is 1.50. The van der Waals surface area contributed by atoms with Crippen LogP contribution in [0.2, 0.25) is 0 Å². The van der Waals surface area contributed by atoms with Gasteiger partial charge in [-0.05, 0) is 36.4 Å². The number of hydrogen-bond donors (Lipinski definition) is 3. The largest absolute Gasteiger partial charge is 0.354 e. The first-order valence-corrected chi connectivity index (χ1v) is 11.4. The van der Waals surface area contributed by atoms with Gasteiger partial charge in [0.15, 0.2) is 0 Å². The van der Waals surface area contributed by atoms with Gasteiger partial charge in [0.05, 0.1) is 11.4 Å². The van der Waals surface area contributed by atoms with Crippen LogP contribution in [0.1, 0.15) is 22.5 Å². The van der Waals surface area contributed by atoms with Crippen molar-refractivity contribution in [2.24, 2.45) is 0 Å². The molecule has 2 aromatic rings. The van der Waals surface area contributed by atoms with Gasteiger partial charge in [0.2, 0.25) is 11.8 Å². The lowest BCUT2D eigenvalue weighted by Crippen LogP contribution is -2.64. The molecule has 9 nitrogen and oxygen atoms in total. The molecular weight excluding hydrogens is 430 g/mol. The Hall–Kier alpha value is -3.40. The molecule has 2 saturated heterocycles. The zero-order chi connectivity index (χ0) is 22.5. The summed E-state index contributed by atoms with van der Waals surface area (Å²) >= 11 is 1.30. The Morgan fingerprint density at radius 1 is 1.06 bits per heavy atom. The van der Waals surface area contributed by atoms with E-state index in [-0.39, 0.29) is 30.9 Å². The van der Waals surface area contributed by atoms with Gasteiger partial charge < -0.3 is 25.8 Å². The Bertz CT molecular complexity index is 981. The molecule has 2 aliphatic rings. The van der Waals surface area contributed by atoms with E-state index in [4.69, 9.17) is 0 Å². The van der Waals surface area contributed by atoms with Crippen molar-refractivity contribution in [1.82, 2.24) is 20.4 Å². The highest BCUT2D eigenvalue weighted by Gasteiger charge is 2.39. The van der Waals surface area contributed by atoms with Gasteiger partial charge in [-0.3, -0.25) is 14.4 Å². The molecule has 4 rings (SSSR count). The van der Waals surface area contributed by atoms with E-state index in [1.165, 1.54) is 21.1 Å². The first-order valence-electron chi connectivity index (χ1n) is 10.6. The summed E-state index contributed by atoms with van der Waals surface area (Å²) in [5.74, 6) is -0.916. The van der Waals surface area contributed by atoms with Crippen LogP contribution >= 0.6 is 11.3 Å². The number of thiophene rings is 1. The zero-order valence-electron chi connectivity index (χ0n) is 17.5. The third-order valence-corrected chi connectivity index (χ3v) is 6.45. The van der Waals surface area contributed by atoms with E-state index in [0.717, 1.165) is 6.42 Å². The average Bonchev–Trinajstić information content (AvgIpc) is 3.35. The number of anilines is 1. The lowest BCUT2D eigenvalue weighted by Gasteiger charge is -2.40. The molecule has 3 N–H and O–H groups in total. The van der Waals surface area contributed by atoms with Crippen molar-refractivity contribution in [3.63, 3.8) is 0 Å². The minimum atomic E-state index is -0.894. The number of hydrogen-bond acceptors (Lipinski definition) is 5. The first-order chi connectivity index (χ1) is 15.5. The number of benzene rings is 1. The van der Waals surface area contributed by atoms with Gasteiger partial charge in [0.1, 0.15) is 12.1 Å². The van der Waals surface area contributed by atoms with E-state index in [2.05, 4.69) is 16.0 Å². The molecule has 2 atom stereocenters. The Morgan fingerprint density at radius 2 is 1.88 bits per heavy atom.